The van der Waals surface area contributed by atoms with Crippen LogP contribution in [0.3, 0.4) is 0 Å². The summed E-state index contributed by atoms with van der Waals surface area (Å²) in [5, 5.41) is 0. The summed E-state index contributed by atoms with van der Waals surface area (Å²) in [6.07, 6.45) is 6.59. The minimum atomic E-state index is -0.999. The lowest BCUT2D eigenvalue weighted by molar-refractivity contribution is -0.187. The highest BCUT2D eigenvalue weighted by molar-refractivity contribution is 5.96. The van der Waals surface area contributed by atoms with Gasteiger partial charge in [0.15, 0.2) is 17.2 Å². The van der Waals surface area contributed by atoms with E-state index in [1.165, 1.54) is 12.5 Å². The van der Waals surface area contributed by atoms with Gasteiger partial charge in [-0.05, 0) is 79.8 Å². The molecule has 0 aromatic rings. The third kappa shape index (κ3) is 1.94. The van der Waals surface area contributed by atoms with Gasteiger partial charge in [0.2, 0.25) is 0 Å². The van der Waals surface area contributed by atoms with E-state index >= 15 is 0 Å². The van der Waals surface area contributed by atoms with Crippen LogP contribution in [0.5, 0.6) is 0 Å². The number of ether oxygens (including phenoxy) is 2. The van der Waals surface area contributed by atoms with Crippen molar-refractivity contribution in [1.82, 2.24) is 0 Å². The molecule has 5 fully saturated rings. The largest absolute Gasteiger partial charge is 0.451 e. The number of esters is 1. The maximum absolute atomic E-state index is 12.8. The van der Waals surface area contributed by atoms with E-state index in [0.29, 0.717) is 35.9 Å². The van der Waals surface area contributed by atoms with E-state index in [1.807, 2.05) is 6.08 Å². The van der Waals surface area contributed by atoms with Crippen LogP contribution in [-0.2, 0) is 23.9 Å². The van der Waals surface area contributed by atoms with Gasteiger partial charge < -0.3 is 9.47 Å². The van der Waals surface area contributed by atoms with Gasteiger partial charge in [0.1, 0.15) is 6.10 Å². The topological polar surface area (TPSA) is 73.0 Å². The van der Waals surface area contributed by atoms with Crippen LogP contribution in [-0.4, -0.2) is 35.3 Å². The third-order valence-corrected chi connectivity index (χ3v) is 10.2. The summed E-state index contributed by atoms with van der Waals surface area (Å²) in [6, 6.07) is 0. The van der Waals surface area contributed by atoms with E-state index in [0.717, 1.165) is 25.7 Å². The molecule has 6 aliphatic rings. The molecule has 0 spiro atoms. The van der Waals surface area contributed by atoms with Crippen LogP contribution in [0.2, 0.25) is 0 Å². The zero-order valence-corrected chi connectivity index (χ0v) is 17.7. The molecule has 0 unspecified atom stereocenters. The number of epoxide rings is 1. The van der Waals surface area contributed by atoms with Gasteiger partial charge in [-0.25, -0.2) is 0 Å². The second-order valence-corrected chi connectivity index (χ2v) is 11.0. The smallest absolute Gasteiger partial charge is 0.303 e. The number of hydrogen-bond donors (Lipinski definition) is 0. The molecule has 0 aromatic carbocycles. The summed E-state index contributed by atoms with van der Waals surface area (Å²) >= 11 is 0. The second-order valence-electron chi connectivity index (χ2n) is 11.0. The average molecular weight is 398 g/mol. The fraction of sp³-hybridized carbons (Fsp3) is 0.792. The molecule has 0 N–H and O–H groups in total. The first-order chi connectivity index (χ1) is 13.6. The monoisotopic (exact) mass is 398 g/mol. The summed E-state index contributed by atoms with van der Waals surface area (Å²) in [5.74, 6) is 1.79. The van der Waals surface area contributed by atoms with Gasteiger partial charge in [0, 0.05) is 18.3 Å². The van der Waals surface area contributed by atoms with Crippen molar-refractivity contribution >= 4 is 17.5 Å². The maximum Gasteiger partial charge on any atom is 0.303 e. The quantitative estimate of drug-likeness (QED) is 0.527. The zero-order valence-electron chi connectivity index (χ0n) is 17.7. The number of carbonyl (C=O) groups excluding carboxylic acids is 3. The Hall–Kier alpha value is -1.49. The summed E-state index contributed by atoms with van der Waals surface area (Å²) in [4.78, 5) is 37.2. The lowest BCUT2D eigenvalue weighted by Crippen LogP contribution is -2.60. The highest BCUT2D eigenvalue weighted by Crippen LogP contribution is 2.75. The first kappa shape index (κ1) is 18.3. The van der Waals surface area contributed by atoms with Gasteiger partial charge >= 0.3 is 5.97 Å². The minimum absolute atomic E-state index is 0.0162. The molecule has 5 aliphatic carbocycles. The Morgan fingerprint density at radius 1 is 1.10 bits per heavy atom. The first-order valence-electron chi connectivity index (χ1n) is 11.3. The molecule has 0 amide bonds. The molecule has 0 bridgehead atoms. The molecule has 10 atom stereocenters. The highest BCUT2D eigenvalue weighted by Gasteiger charge is 2.76. The fourth-order valence-corrected chi connectivity index (χ4v) is 8.76. The lowest BCUT2D eigenvalue weighted by atomic mass is 9.46. The molecule has 1 heterocycles. The summed E-state index contributed by atoms with van der Waals surface area (Å²) in [6.45, 7) is 7.57. The Morgan fingerprint density at radius 2 is 1.83 bits per heavy atom. The van der Waals surface area contributed by atoms with E-state index in [4.69, 9.17) is 9.47 Å². The van der Waals surface area contributed by atoms with Crippen LogP contribution < -0.4 is 0 Å². The normalized spacial score (nSPS) is 56.1. The number of Topliss-reactive ketones (excluding diaryl/α,β-unsaturated/α-hetero) is 1. The fourth-order valence-electron chi connectivity index (χ4n) is 8.76. The molecule has 0 radical (unpaired) electrons. The number of ketones is 2. The molecule has 6 rings (SSSR count). The van der Waals surface area contributed by atoms with Crippen molar-refractivity contribution in [3.63, 3.8) is 0 Å². The number of carbonyl (C=O) groups is 3. The molecule has 0 aromatic heterocycles. The Bertz CT molecular complexity index is 890. The van der Waals surface area contributed by atoms with Crippen LogP contribution in [0.15, 0.2) is 11.6 Å². The van der Waals surface area contributed by atoms with E-state index in [2.05, 4.69) is 13.8 Å². The molecule has 29 heavy (non-hydrogen) atoms. The highest BCUT2D eigenvalue weighted by atomic mass is 16.6. The third-order valence-electron chi connectivity index (χ3n) is 10.2. The molecule has 1 aliphatic heterocycles. The predicted molar refractivity (Wildman–Crippen MR) is 104 cm³/mol. The average Bonchev–Trinajstić information content (AvgIpc) is 3.54. The van der Waals surface area contributed by atoms with Crippen LogP contribution >= 0.6 is 0 Å². The van der Waals surface area contributed by atoms with E-state index < -0.39 is 5.60 Å². The molecule has 1 saturated heterocycles. The van der Waals surface area contributed by atoms with E-state index in [-0.39, 0.29) is 40.7 Å². The summed E-state index contributed by atoms with van der Waals surface area (Å²) in [5.41, 5.74) is -0.0364. The molecule has 5 nitrogen and oxygen atoms in total. The van der Waals surface area contributed by atoms with Crippen LogP contribution in [0.25, 0.3) is 0 Å². The van der Waals surface area contributed by atoms with Gasteiger partial charge in [-0.15, -0.1) is 0 Å². The van der Waals surface area contributed by atoms with E-state index in [9.17, 15) is 14.4 Å². The maximum atomic E-state index is 12.8. The van der Waals surface area contributed by atoms with Crippen LogP contribution in [0.1, 0.15) is 59.8 Å². The van der Waals surface area contributed by atoms with Crippen molar-refractivity contribution in [3.8, 4) is 0 Å². The zero-order chi connectivity index (χ0) is 20.5. The van der Waals surface area contributed by atoms with Crippen LogP contribution in [0.4, 0.5) is 0 Å². The molecular formula is C24H30O5. The summed E-state index contributed by atoms with van der Waals surface area (Å²) < 4.78 is 12.1. The molecule has 4 saturated carbocycles. The number of rotatable bonds is 2. The van der Waals surface area contributed by atoms with Gasteiger partial charge in [-0.2, -0.15) is 0 Å². The van der Waals surface area contributed by atoms with Crippen molar-refractivity contribution < 1.29 is 23.9 Å². The summed E-state index contributed by atoms with van der Waals surface area (Å²) in [7, 11) is 0. The standard InChI is InChI=1S/C24H30O5/c1-11(25)24(29-12(2)26)8-6-14-19-15(5-7-22(14,24)3)23(4)16-9-13(16)18(27)10-17(23)20-21(19)28-20/h10,13-16,19-21H,5-9H2,1-4H3/t13-,14+,15+,16+,19+,20-,21+,22+,23+,24+/m1/s1. The first-order valence-corrected chi connectivity index (χ1v) is 11.3. The van der Waals surface area contributed by atoms with Gasteiger partial charge in [0.25, 0.3) is 0 Å². The van der Waals surface area contributed by atoms with Gasteiger partial charge in [-0.3, -0.25) is 14.4 Å². The Balaban J connectivity index is 1.42. The number of hydrogen-bond acceptors (Lipinski definition) is 5. The van der Waals surface area contributed by atoms with Crippen molar-refractivity contribution in [2.75, 3.05) is 0 Å². The Labute approximate surface area is 171 Å². The molecular weight excluding hydrogens is 368 g/mol. The number of fused-ring (bicyclic) bond motifs is 10. The second kappa shape index (κ2) is 5.22. The molecule has 5 heteroatoms. The van der Waals surface area contributed by atoms with Crippen molar-refractivity contribution in [3.05, 3.63) is 11.6 Å². The van der Waals surface area contributed by atoms with Crippen molar-refractivity contribution in [2.45, 2.75) is 77.6 Å². The van der Waals surface area contributed by atoms with Gasteiger partial charge in [0.05, 0.1) is 6.10 Å². The SMILES string of the molecule is CC(=O)O[C@]1(C(C)=O)CC[C@H]2[C@@H]3[C@@H]4O[C@@H]4C4=CC(=O)[C@@H]5C[C@@H]5[C@]4(C)[C@H]3CC[C@@]21C. The van der Waals surface area contributed by atoms with Gasteiger partial charge in [-0.1, -0.05) is 13.8 Å². The Kier molecular flexibility index (Phi) is 3.29. The van der Waals surface area contributed by atoms with Crippen molar-refractivity contribution in [2.24, 2.45) is 40.4 Å². The van der Waals surface area contributed by atoms with Crippen LogP contribution in [0, 0.1) is 40.4 Å². The van der Waals surface area contributed by atoms with Crippen molar-refractivity contribution in [1.29, 1.82) is 0 Å². The van der Waals surface area contributed by atoms with E-state index in [1.54, 1.807) is 6.92 Å². The lowest BCUT2D eigenvalue weighted by Gasteiger charge is -2.58. The predicted octanol–water partition coefficient (Wildman–Crippen LogP) is 3.25. The Morgan fingerprint density at radius 3 is 2.52 bits per heavy atom. The molecule has 156 valence electrons. The minimum Gasteiger partial charge on any atom is -0.451 e.